The molecule has 0 atom stereocenters. The molecule has 3 aromatic rings. The van der Waals surface area contributed by atoms with Crippen molar-refractivity contribution in [3.63, 3.8) is 0 Å². The number of aromatic nitrogens is 2. The topological polar surface area (TPSA) is 64.1 Å². The molecule has 0 aliphatic heterocycles. The molecule has 0 bridgehead atoms. The van der Waals surface area contributed by atoms with E-state index in [9.17, 15) is 4.79 Å². The molecule has 25 heavy (non-hydrogen) atoms. The molecule has 130 valence electrons. The fraction of sp³-hybridized carbons (Fsp3) is 0.278. The normalized spacial score (nSPS) is 10.6. The minimum absolute atomic E-state index is 0.0522. The van der Waals surface area contributed by atoms with Gasteiger partial charge >= 0.3 is 0 Å². The summed E-state index contributed by atoms with van der Waals surface area (Å²) in [6, 6.07) is 7.82. The number of hydrogen-bond acceptors (Lipinski definition) is 6. The zero-order chi connectivity index (χ0) is 17.5. The monoisotopic (exact) mass is 373 g/mol. The lowest BCUT2D eigenvalue weighted by Gasteiger charge is -2.03. The van der Waals surface area contributed by atoms with E-state index in [1.807, 2.05) is 35.0 Å². The van der Waals surface area contributed by atoms with Crippen LogP contribution in [0, 0.1) is 0 Å². The first-order valence-electron chi connectivity index (χ1n) is 7.97. The van der Waals surface area contributed by atoms with Crippen LogP contribution in [0.5, 0.6) is 5.75 Å². The fourth-order valence-corrected chi connectivity index (χ4v) is 3.72. The van der Waals surface area contributed by atoms with Gasteiger partial charge in [0, 0.05) is 42.1 Å². The number of aryl methyl sites for hydroxylation is 1. The highest BCUT2D eigenvalue weighted by atomic mass is 32.1. The largest absolute Gasteiger partial charge is 0.497 e. The second-order valence-electron chi connectivity index (χ2n) is 5.43. The van der Waals surface area contributed by atoms with Crippen LogP contribution in [0.1, 0.15) is 17.1 Å². The zero-order valence-corrected chi connectivity index (χ0v) is 15.5. The van der Waals surface area contributed by atoms with Gasteiger partial charge in [0.1, 0.15) is 5.75 Å². The zero-order valence-electron chi connectivity index (χ0n) is 13.9. The van der Waals surface area contributed by atoms with Gasteiger partial charge in [0.25, 0.3) is 0 Å². The summed E-state index contributed by atoms with van der Waals surface area (Å²) in [4.78, 5) is 20.7. The first kappa shape index (κ1) is 17.6. The lowest BCUT2D eigenvalue weighted by molar-refractivity contribution is -0.121. The molecule has 1 N–H and O–H groups in total. The van der Waals surface area contributed by atoms with E-state index in [0.29, 0.717) is 19.4 Å². The number of nitrogens with one attached hydrogen (secondary N) is 1. The molecule has 2 heterocycles. The van der Waals surface area contributed by atoms with Crippen LogP contribution in [-0.2, 0) is 17.6 Å². The number of amides is 1. The molecule has 0 aliphatic rings. The van der Waals surface area contributed by atoms with Gasteiger partial charge in [-0.05, 0) is 24.3 Å². The molecular weight excluding hydrogens is 354 g/mol. The molecule has 0 aliphatic carbocycles. The highest BCUT2D eigenvalue weighted by Crippen LogP contribution is 2.24. The van der Waals surface area contributed by atoms with Crippen LogP contribution in [0.3, 0.4) is 0 Å². The van der Waals surface area contributed by atoms with Crippen molar-refractivity contribution in [1.82, 2.24) is 15.3 Å². The van der Waals surface area contributed by atoms with Crippen LogP contribution in [-0.4, -0.2) is 29.5 Å². The van der Waals surface area contributed by atoms with Crippen LogP contribution >= 0.6 is 22.7 Å². The number of carbonyl (C=O) groups is 1. The highest BCUT2D eigenvalue weighted by molar-refractivity contribution is 7.10. The lowest BCUT2D eigenvalue weighted by Crippen LogP contribution is -2.25. The van der Waals surface area contributed by atoms with Gasteiger partial charge in [0.15, 0.2) is 0 Å². The summed E-state index contributed by atoms with van der Waals surface area (Å²) >= 11 is 3.16. The quantitative estimate of drug-likeness (QED) is 0.656. The Kier molecular flexibility index (Phi) is 6.14. The van der Waals surface area contributed by atoms with Crippen molar-refractivity contribution in [2.24, 2.45) is 0 Å². The van der Waals surface area contributed by atoms with E-state index >= 15 is 0 Å². The Hall–Kier alpha value is -2.25. The number of ether oxygens (including phenoxy) is 1. The SMILES string of the molecule is COc1ccc(-c2csc(CCC(=O)NCCc3cscn3)n2)cc1. The van der Waals surface area contributed by atoms with Crippen molar-refractivity contribution in [3.05, 3.63) is 51.2 Å². The maximum atomic E-state index is 11.9. The van der Waals surface area contributed by atoms with Gasteiger partial charge in [-0.25, -0.2) is 9.97 Å². The van der Waals surface area contributed by atoms with Crippen molar-refractivity contribution in [3.8, 4) is 17.0 Å². The van der Waals surface area contributed by atoms with E-state index in [0.717, 1.165) is 34.1 Å². The van der Waals surface area contributed by atoms with Crippen LogP contribution in [0.15, 0.2) is 40.5 Å². The standard InChI is InChI=1S/C18H19N3O2S2/c1-23-15-4-2-13(3-5-15)16-11-25-18(21-16)7-6-17(22)19-9-8-14-10-24-12-20-14/h2-5,10-12H,6-9H2,1H3,(H,19,22). The van der Waals surface area contributed by atoms with E-state index in [1.54, 1.807) is 35.3 Å². The Labute approximate surface area is 154 Å². The number of benzene rings is 1. The molecular formula is C18H19N3O2S2. The van der Waals surface area contributed by atoms with Gasteiger partial charge in [-0.2, -0.15) is 0 Å². The minimum Gasteiger partial charge on any atom is -0.497 e. The minimum atomic E-state index is 0.0522. The molecule has 2 aromatic heterocycles. The van der Waals surface area contributed by atoms with Crippen molar-refractivity contribution >= 4 is 28.6 Å². The Morgan fingerprint density at radius 1 is 1.20 bits per heavy atom. The predicted octanol–water partition coefficient (Wildman–Crippen LogP) is 3.57. The predicted molar refractivity (Wildman–Crippen MR) is 101 cm³/mol. The second-order valence-corrected chi connectivity index (χ2v) is 7.10. The lowest BCUT2D eigenvalue weighted by atomic mass is 10.2. The van der Waals surface area contributed by atoms with Crippen molar-refractivity contribution in [2.75, 3.05) is 13.7 Å². The number of thiazole rings is 2. The second kappa shape index (κ2) is 8.73. The van der Waals surface area contributed by atoms with E-state index in [4.69, 9.17) is 4.74 Å². The van der Waals surface area contributed by atoms with E-state index in [1.165, 1.54) is 0 Å². The Morgan fingerprint density at radius 2 is 2.04 bits per heavy atom. The summed E-state index contributed by atoms with van der Waals surface area (Å²) in [5, 5.41) is 7.93. The molecule has 0 radical (unpaired) electrons. The molecule has 0 unspecified atom stereocenters. The van der Waals surface area contributed by atoms with Crippen LogP contribution in [0.25, 0.3) is 11.3 Å². The van der Waals surface area contributed by atoms with E-state index < -0.39 is 0 Å². The number of carbonyl (C=O) groups excluding carboxylic acids is 1. The van der Waals surface area contributed by atoms with Crippen LogP contribution < -0.4 is 10.1 Å². The Morgan fingerprint density at radius 3 is 2.76 bits per heavy atom. The average molecular weight is 374 g/mol. The van der Waals surface area contributed by atoms with Gasteiger partial charge in [-0.15, -0.1) is 22.7 Å². The first-order chi connectivity index (χ1) is 12.2. The number of rotatable bonds is 8. The van der Waals surface area contributed by atoms with Crippen molar-refractivity contribution in [2.45, 2.75) is 19.3 Å². The summed E-state index contributed by atoms with van der Waals surface area (Å²) in [7, 11) is 1.65. The first-order valence-corrected chi connectivity index (χ1v) is 9.79. The molecule has 7 heteroatoms. The molecule has 1 aromatic carbocycles. The van der Waals surface area contributed by atoms with Gasteiger partial charge in [-0.3, -0.25) is 4.79 Å². The highest BCUT2D eigenvalue weighted by Gasteiger charge is 2.08. The maximum Gasteiger partial charge on any atom is 0.220 e. The Bertz CT molecular complexity index is 798. The van der Waals surface area contributed by atoms with Gasteiger partial charge in [-0.1, -0.05) is 0 Å². The molecule has 0 fully saturated rings. The van der Waals surface area contributed by atoms with Gasteiger partial charge in [0.2, 0.25) is 5.91 Å². The van der Waals surface area contributed by atoms with Gasteiger partial charge < -0.3 is 10.1 Å². The summed E-state index contributed by atoms with van der Waals surface area (Å²) < 4.78 is 5.17. The smallest absolute Gasteiger partial charge is 0.220 e. The van der Waals surface area contributed by atoms with E-state index in [2.05, 4.69) is 15.3 Å². The van der Waals surface area contributed by atoms with Crippen LogP contribution in [0.4, 0.5) is 0 Å². The molecule has 0 saturated heterocycles. The third-order valence-corrected chi connectivity index (χ3v) is 5.23. The third kappa shape index (κ3) is 5.11. The number of methoxy groups -OCH3 is 1. The van der Waals surface area contributed by atoms with Crippen molar-refractivity contribution in [1.29, 1.82) is 0 Å². The third-order valence-electron chi connectivity index (χ3n) is 3.69. The van der Waals surface area contributed by atoms with Crippen molar-refractivity contribution < 1.29 is 9.53 Å². The average Bonchev–Trinajstić information content (AvgIpc) is 3.32. The number of nitrogens with zero attached hydrogens (tertiary/aromatic N) is 2. The van der Waals surface area contributed by atoms with E-state index in [-0.39, 0.29) is 5.91 Å². The summed E-state index contributed by atoms with van der Waals surface area (Å²) in [5.74, 6) is 0.880. The molecule has 1 amide bonds. The summed E-state index contributed by atoms with van der Waals surface area (Å²) in [5.41, 5.74) is 4.82. The summed E-state index contributed by atoms with van der Waals surface area (Å²) in [6.07, 6.45) is 1.88. The molecule has 0 spiro atoms. The maximum absolute atomic E-state index is 11.9. The molecule has 0 saturated carbocycles. The molecule has 5 nitrogen and oxygen atoms in total. The Balaban J connectivity index is 1.45. The molecule has 3 rings (SSSR count). The van der Waals surface area contributed by atoms with Crippen LogP contribution in [0.2, 0.25) is 0 Å². The summed E-state index contributed by atoms with van der Waals surface area (Å²) in [6.45, 7) is 0.623. The number of hydrogen-bond donors (Lipinski definition) is 1. The fourth-order valence-electron chi connectivity index (χ4n) is 2.32. The van der Waals surface area contributed by atoms with Gasteiger partial charge in [0.05, 0.1) is 29.0 Å².